The van der Waals surface area contributed by atoms with Crippen LogP contribution in [0.25, 0.3) is 0 Å². The normalized spacial score (nSPS) is 30.7. The van der Waals surface area contributed by atoms with Crippen molar-refractivity contribution >= 4 is 0 Å². The number of piperazine rings is 1. The number of hydrogen-bond donors (Lipinski definition) is 1. The predicted octanol–water partition coefficient (Wildman–Crippen LogP) is 2.75. The van der Waals surface area contributed by atoms with E-state index in [0.717, 1.165) is 19.1 Å². The molecule has 1 N–H and O–H groups in total. The van der Waals surface area contributed by atoms with Crippen LogP contribution in [0.2, 0.25) is 0 Å². The smallest absolute Gasteiger partial charge is 0.0560 e. The first-order valence-corrected chi connectivity index (χ1v) is 7.34. The third kappa shape index (κ3) is 2.08. The maximum atomic E-state index is 3.59. The molecular weight excluding hydrogens is 220 g/mol. The lowest BCUT2D eigenvalue weighted by Gasteiger charge is -2.49. The zero-order valence-corrected chi connectivity index (χ0v) is 11.4. The van der Waals surface area contributed by atoms with Crippen LogP contribution in [0.5, 0.6) is 0 Å². The maximum absolute atomic E-state index is 3.59. The fourth-order valence-corrected chi connectivity index (χ4v) is 3.75. The van der Waals surface area contributed by atoms with Gasteiger partial charge in [-0.25, -0.2) is 0 Å². The highest BCUT2D eigenvalue weighted by Gasteiger charge is 2.40. The van der Waals surface area contributed by atoms with Crippen LogP contribution in [-0.4, -0.2) is 30.6 Å². The fourth-order valence-electron chi connectivity index (χ4n) is 3.75. The number of benzene rings is 1. The van der Waals surface area contributed by atoms with Gasteiger partial charge in [0.2, 0.25) is 0 Å². The van der Waals surface area contributed by atoms with Gasteiger partial charge in [-0.1, -0.05) is 43.2 Å². The van der Waals surface area contributed by atoms with E-state index in [1.54, 1.807) is 0 Å². The third-order valence-corrected chi connectivity index (χ3v) is 4.79. The third-order valence-electron chi connectivity index (χ3n) is 4.79. The minimum atomic E-state index is 0.175. The summed E-state index contributed by atoms with van der Waals surface area (Å²) < 4.78 is 0. The van der Waals surface area contributed by atoms with Crippen molar-refractivity contribution in [1.82, 2.24) is 10.2 Å². The maximum Gasteiger partial charge on any atom is 0.0560 e. The molecular formula is C16H24N2. The number of hydrogen-bond acceptors (Lipinski definition) is 2. The summed E-state index contributed by atoms with van der Waals surface area (Å²) in [7, 11) is 0. The molecule has 2 fully saturated rings. The summed E-state index contributed by atoms with van der Waals surface area (Å²) in [5, 5.41) is 3.59. The molecule has 2 nitrogen and oxygen atoms in total. The Morgan fingerprint density at radius 1 is 1.17 bits per heavy atom. The Bertz CT molecular complexity index is 383. The van der Waals surface area contributed by atoms with Crippen molar-refractivity contribution in [3.63, 3.8) is 0 Å². The zero-order valence-electron chi connectivity index (χ0n) is 11.4. The molecule has 0 aromatic heterocycles. The van der Waals surface area contributed by atoms with E-state index < -0.39 is 0 Å². The van der Waals surface area contributed by atoms with Crippen LogP contribution in [-0.2, 0) is 5.54 Å². The SMILES string of the molecule is CC1(c2ccccc2)CNCCN1C1CCCC1. The molecule has 1 aliphatic carbocycles. The van der Waals surface area contributed by atoms with Gasteiger partial charge in [-0.05, 0) is 25.3 Å². The van der Waals surface area contributed by atoms with Gasteiger partial charge in [-0.3, -0.25) is 4.90 Å². The summed E-state index contributed by atoms with van der Waals surface area (Å²) in [6.45, 7) is 5.81. The van der Waals surface area contributed by atoms with E-state index in [4.69, 9.17) is 0 Å². The Labute approximate surface area is 110 Å². The number of nitrogens with one attached hydrogen (secondary N) is 1. The minimum Gasteiger partial charge on any atom is -0.313 e. The van der Waals surface area contributed by atoms with Crippen LogP contribution < -0.4 is 5.32 Å². The van der Waals surface area contributed by atoms with Crippen LogP contribution in [0, 0.1) is 0 Å². The summed E-state index contributed by atoms with van der Waals surface area (Å²) in [5.41, 5.74) is 1.64. The molecule has 1 aromatic carbocycles. The Morgan fingerprint density at radius 2 is 1.89 bits per heavy atom. The van der Waals surface area contributed by atoms with Crippen molar-refractivity contribution in [1.29, 1.82) is 0 Å². The van der Waals surface area contributed by atoms with E-state index in [2.05, 4.69) is 47.5 Å². The molecule has 0 amide bonds. The summed E-state index contributed by atoms with van der Waals surface area (Å²) in [4.78, 5) is 2.77. The summed E-state index contributed by atoms with van der Waals surface area (Å²) >= 11 is 0. The molecule has 0 spiro atoms. The Balaban J connectivity index is 1.90. The van der Waals surface area contributed by atoms with E-state index in [1.165, 1.54) is 37.8 Å². The van der Waals surface area contributed by atoms with Crippen LogP contribution >= 0.6 is 0 Å². The summed E-state index contributed by atoms with van der Waals surface area (Å²) in [6, 6.07) is 11.8. The van der Waals surface area contributed by atoms with Crippen LogP contribution in [0.15, 0.2) is 30.3 Å². The molecule has 2 heteroatoms. The largest absolute Gasteiger partial charge is 0.313 e. The van der Waals surface area contributed by atoms with Gasteiger partial charge in [0.15, 0.2) is 0 Å². The van der Waals surface area contributed by atoms with Gasteiger partial charge in [-0.2, -0.15) is 0 Å². The first kappa shape index (κ1) is 12.2. The van der Waals surface area contributed by atoms with Gasteiger partial charge in [0.1, 0.15) is 0 Å². The van der Waals surface area contributed by atoms with E-state index in [1.807, 2.05) is 0 Å². The van der Waals surface area contributed by atoms with Crippen molar-refractivity contribution in [2.75, 3.05) is 19.6 Å². The minimum absolute atomic E-state index is 0.175. The molecule has 1 heterocycles. The van der Waals surface area contributed by atoms with E-state index >= 15 is 0 Å². The second-order valence-electron chi connectivity index (χ2n) is 5.95. The number of rotatable bonds is 2. The van der Waals surface area contributed by atoms with E-state index in [9.17, 15) is 0 Å². The van der Waals surface area contributed by atoms with Gasteiger partial charge >= 0.3 is 0 Å². The monoisotopic (exact) mass is 244 g/mol. The van der Waals surface area contributed by atoms with Gasteiger partial charge < -0.3 is 5.32 Å². The first-order valence-electron chi connectivity index (χ1n) is 7.34. The van der Waals surface area contributed by atoms with Gasteiger partial charge in [0.05, 0.1) is 5.54 Å². The molecule has 98 valence electrons. The average Bonchev–Trinajstić information content (AvgIpc) is 2.94. The second-order valence-corrected chi connectivity index (χ2v) is 5.95. The quantitative estimate of drug-likeness (QED) is 0.860. The molecule has 2 aliphatic rings. The van der Waals surface area contributed by atoms with Crippen LogP contribution in [0.3, 0.4) is 0 Å². The molecule has 1 atom stereocenters. The molecule has 0 bridgehead atoms. The van der Waals surface area contributed by atoms with Crippen molar-refractivity contribution < 1.29 is 0 Å². The van der Waals surface area contributed by atoms with Crippen LogP contribution in [0.4, 0.5) is 0 Å². The van der Waals surface area contributed by atoms with Crippen molar-refractivity contribution in [3.8, 4) is 0 Å². The zero-order chi connectivity index (χ0) is 12.4. The highest BCUT2D eigenvalue weighted by Crippen LogP contribution is 2.36. The molecule has 18 heavy (non-hydrogen) atoms. The molecule has 1 aliphatic heterocycles. The molecule has 1 saturated carbocycles. The van der Waals surface area contributed by atoms with E-state index in [-0.39, 0.29) is 5.54 Å². The lowest BCUT2D eigenvalue weighted by molar-refractivity contribution is 0.0312. The fraction of sp³-hybridized carbons (Fsp3) is 0.625. The lowest BCUT2D eigenvalue weighted by atomic mass is 9.86. The predicted molar refractivity (Wildman–Crippen MR) is 75.6 cm³/mol. The van der Waals surface area contributed by atoms with Crippen molar-refractivity contribution in [2.24, 2.45) is 0 Å². The average molecular weight is 244 g/mol. The van der Waals surface area contributed by atoms with Crippen molar-refractivity contribution in [2.45, 2.75) is 44.2 Å². The molecule has 1 unspecified atom stereocenters. The van der Waals surface area contributed by atoms with Crippen molar-refractivity contribution in [3.05, 3.63) is 35.9 Å². The van der Waals surface area contributed by atoms with E-state index in [0.29, 0.717) is 0 Å². The van der Waals surface area contributed by atoms with Gasteiger partial charge in [-0.15, -0.1) is 0 Å². The highest BCUT2D eigenvalue weighted by atomic mass is 15.3. The molecule has 1 aromatic rings. The molecule has 0 radical (unpaired) electrons. The van der Waals surface area contributed by atoms with Gasteiger partial charge in [0.25, 0.3) is 0 Å². The van der Waals surface area contributed by atoms with Gasteiger partial charge in [0, 0.05) is 25.7 Å². The topological polar surface area (TPSA) is 15.3 Å². The first-order chi connectivity index (χ1) is 8.81. The molecule has 1 saturated heterocycles. The Morgan fingerprint density at radius 3 is 2.61 bits per heavy atom. The summed E-state index contributed by atoms with van der Waals surface area (Å²) in [6.07, 6.45) is 5.61. The lowest BCUT2D eigenvalue weighted by Crippen LogP contribution is -2.60. The standard InChI is InChI=1S/C16H24N2/c1-16(14-7-3-2-4-8-14)13-17-11-12-18(16)15-9-5-6-10-15/h2-4,7-8,15,17H,5-6,9-13H2,1H3. The number of nitrogens with zero attached hydrogens (tertiary/aromatic N) is 1. The highest BCUT2D eigenvalue weighted by molar-refractivity contribution is 5.25. The summed E-state index contributed by atoms with van der Waals surface area (Å²) in [5.74, 6) is 0. The van der Waals surface area contributed by atoms with Crippen LogP contribution in [0.1, 0.15) is 38.2 Å². The Hall–Kier alpha value is -0.860. The Kier molecular flexibility index (Phi) is 3.40. The second kappa shape index (κ2) is 5.02. The molecule has 3 rings (SSSR count).